The monoisotopic (exact) mass is 365 g/mol. The van der Waals surface area contributed by atoms with Crippen LogP contribution in [0.1, 0.15) is 31.8 Å². The average Bonchev–Trinajstić information content (AvgIpc) is 3.13. The lowest BCUT2D eigenvalue weighted by Crippen LogP contribution is -2.43. The van der Waals surface area contributed by atoms with E-state index in [1.807, 2.05) is 49.5 Å². The lowest BCUT2D eigenvalue weighted by molar-refractivity contribution is -0.138. The molecular formula is C20H23N5O2. The molecule has 1 aliphatic heterocycles. The van der Waals surface area contributed by atoms with Crippen LogP contribution in [0.4, 0.5) is 0 Å². The van der Waals surface area contributed by atoms with Crippen LogP contribution in [0.2, 0.25) is 0 Å². The molecule has 7 heteroatoms. The van der Waals surface area contributed by atoms with Gasteiger partial charge in [-0.2, -0.15) is 0 Å². The molecule has 1 aromatic carbocycles. The molecule has 1 aliphatic rings. The van der Waals surface area contributed by atoms with Crippen LogP contribution in [0.25, 0.3) is 10.9 Å². The van der Waals surface area contributed by atoms with Gasteiger partial charge in [-0.25, -0.2) is 9.97 Å². The molecule has 2 aromatic heterocycles. The van der Waals surface area contributed by atoms with Gasteiger partial charge in [0, 0.05) is 36.8 Å². The molecule has 27 heavy (non-hydrogen) atoms. The topological polar surface area (TPSA) is 83.9 Å². The Morgan fingerprint density at radius 1 is 1.37 bits per heavy atom. The Bertz CT molecular complexity index is 1040. The first-order chi connectivity index (χ1) is 13.0. The summed E-state index contributed by atoms with van der Waals surface area (Å²) in [5, 5.41) is 0.559. The number of aromatic nitrogens is 4. The summed E-state index contributed by atoms with van der Waals surface area (Å²) in [5.74, 6) is 0.554. The maximum atomic E-state index is 13.2. The Hall–Kier alpha value is -2.96. The van der Waals surface area contributed by atoms with Gasteiger partial charge in [0.2, 0.25) is 5.91 Å². The first-order valence-electron chi connectivity index (χ1n) is 9.30. The largest absolute Gasteiger partial charge is 0.335 e. The number of benzene rings is 1. The van der Waals surface area contributed by atoms with Crippen LogP contribution in [-0.4, -0.2) is 36.4 Å². The van der Waals surface area contributed by atoms with Crippen molar-refractivity contribution in [3.8, 4) is 0 Å². The molecule has 0 radical (unpaired) electrons. The zero-order valence-corrected chi connectivity index (χ0v) is 15.6. The van der Waals surface area contributed by atoms with Gasteiger partial charge < -0.3 is 14.5 Å². The van der Waals surface area contributed by atoms with Crippen LogP contribution in [0.3, 0.4) is 0 Å². The number of rotatable bonds is 4. The maximum absolute atomic E-state index is 13.2. The molecule has 0 saturated heterocycles. The van der Waals surface area contributed by atoms with Crippen molar-refractivity contribution in [3.05, 3.63) is 58.7 Å². The predicted molar refractivity (Wildman–Crippen MR) is 102 cm³/mol. The van der Waals surface area contributed by atoms with Crippen LogP contribution in [0, 0.1) is 5.92 Å². The van der Waals surface area contributed by atoms with E-state index >= 15 is 0 Å². The first kappa shape index (κ1) is 17.5. The number of H-pyrrole nitrogens is 1. The van der Waals surface area contributed by atoms with Crippen molar-refractivity contribution < 1.29 is 4.79 Å². The number of aryl methyl sites for hydroxylation is 1. The second kappa shape index (κ2) is 6.98. The third kappa shape index (κ3) is 3.37. The lowest BCUT2D eigenvalue weighted by Gasteiger charge is -2.32. The Morgan fingerprint density at radius 3 is 3.00 bits per heavy atom. The number of hydrogen-bond donors (Lipinski definition) is 1. The number of carbonyl (C=O) groups is 1. The summed E-state index contributed by atoms with van der Waals surface area (Å²) in [5.41, 5.74) is 1.57. The van der Waals surface area contributed by atoms with E-state index in [1.165, 1.54) is 0 Å². The van der Waals surface area contributed by atoms with Crippen molar-refractivity contribution >= 4 is 16.8 Å². The second-order valence-electron chi connectivity index (χ2n) is 7.36. The van der Waals surface area contributed by atoms with E-state index in [1.54, 1.807) is 6.07 Å². The number of carbonyl (C=O) groups excluding carboxylic acids is 1. The molecule has 7 nitrogen and oxygen atoms in total. The second-order valence-corrected chi connectivity index (χ2v) is 7.36. The molecule has 0 aliphatic carbocycles. The van der Waals surface area contributed by atoms with Crippen LogP contribution < -0.4 is 5.56 Å². The fraction of sp³-hybridized carbons (Fsp3) is 0.400. The van der Waals surface area contributed by atoms with Crippen molar-refractivity contribution in [2.75, 3.05) is 0 Å². The Balaban J connectivity index is 1.58. The fourth-order valence-electron chi connectivity index (χ4n) is 3.70. The zero-order chi connectivity index (χ0) is 19.0. The van der Waals surface area contributed by atoms with Crippen LogP contribution in [0.15, 0.2) is 41.6 Å². The van der Waals surface area contributed by atoms with Gasteiger partial charge in [0.1, 0.15) is 5.82 Å². The molecule has 1 amide bonds. The third-order valence-electron chi connectivity index (χ3n) is 5.21. The van der Waals surface area contributed by atoms with E-state index in [4.69, 9.17) is 0 Å². The highest BCUT2D eigenvalue weighted by Crippen LogP contribution is 2.23. The van der Waals surface area contributed by atoms with Crippen molar-refractivity contribution in [1.82, 2.24) is 24.4 Å². The highest BCUT2D eigenvalue weighted by molar-refractivity contribution is 5.80. The Labute approximate surface area is 157 Å². The highest BCUT2D eigenvalue weighted by atomic mass is 16.2. The molecule has 1 atom stereocenters. The molecule has 4 rings (SSSR count). The molecule has 0 fully saturated rings. The SMILES string of the molecule is CC(C)N(Cc1nc2ccccc2c(=O)[nH]1)C(=O)C1CCn2cncc2C1. The van der Waals surface area contributed by atoms with E-state index in [0.717, 1.165) is 18.7 Å². The normalized spacial score (nSPS) is 16.5. The van der Waals surface area contributed by atoms with E-state index < -0.39 is 0 Å². The number of fused-ring (bicyclic) bond motifs is 2. The van der Waals surface area contributed by atoms with Crippen LogP contribution in [-0.2, 0) is 24.3 Å². The summed E-state index contributed by atoms with van der Waals surface area (Å²) in [6.07, 6.45) is 5.15. The number of aromatic amines is 1. The molecule has 0 saturated carbocycles. The Morgan fingerprint density at radius 2 is 2.19 bits per heavy atom. The van der Waals surface area contributed by atoms with E-state index in [-0.39, 0.29) is 23.4 Å². The molecule has 140 valence electrons. The molecule has 0 spiro atoms. The zero-order valence-electron chi connectivity index (χ0n) is 15.6. The van der Waals surface area contributed by atoms with E-state index in [0.29, 0.717) is 29.7 Å². The number of para-hydroxylation sites is 1. The lowest BCUT2D eigenvalue weighted by atomic mass is 9.94. The quantitative estimate of drug-likeness (QED) is 0.768. The minimum atomic E-state index is -0.173. The van der Waals surface area contributed by atoms with Gasteiger partial charge in [-0.05, 0) is 32.4 Å². The summed E-state index contributed by atoms with van der Waals surface area (Å²) >= 11 is 0. The summed E-state index contributed by atoms with van der Waals surface area (Å²) < 4.78 is 2.10. The van der Waals surface area contributed by atoms with Crippen molar-refractivity contribution in [2.45, 2.75) is 45.8 Å². The smallest absolute Gasteiger partial charge is 0.258 e. The molecule has 1 unspecified atom stereocenters. The fourth-order valence-corrected chi connectivity index (χ4v) is 3.70. The van der Waals surface area contributed by atoms with Gasteiger partial charge in [0.25, 0.3) is 5.56 Å². The number of amides is 1. The minimum Gasteiger partial charge on any atom is -0.335 e. The van der Waals surface area contributed by atoms with Gasteiger partial charge in [-0.3, -0.25) is 9.59 Å². The van der Waals surface area contributed by atoms with Crippen molar-refractivity contribution in [3.63, 3.8) is 0 Å². The number of nitrogens with zero attached hydrogens (tertiary/aromatic N) is 4. The average molecular weight is 365 g/mol. The van der Waals surface area contributed by atoms with Gasteiger partial charge in [-0.15, -0.1) is 0 Å². The first-order valence-corrected chi connectivity index (χ1v) is 9.30. The summed E-state index contributed by atoms with van der Waals surface area (Å²) in [6, 6.07) is 7.26. The van der Waals surface area contributed by atoms with Crippen molar-refractivity contribution in [2.24, 2.45) is 5.92 Å². The van der Waals surface area contributed by atoms with Gasteiger partial charge in [0.15, 0.2) is 0 Å². The standard InChI is InChI=1S/C20H23N5O2/c1-13(2)25(20(27)14-7-8-24-12-21-10-15(24)9-14)11-18-22-17-6-4-3-5-16(17)19(26)23-18/h3-6,10,12-14H,7-9,11H2,1-2H3,(H,22,23,26). The van der Waals surface area contributed by atoms with E-state index in [9.17, 15) is 9.59 Å². The summed E-state index contributed by atoms with van der Waals surface area (Å²) in [4.78, 5) is 38.9. The number of imidazole rings is 1. The molecule has 0 bridgehead atoms. The van der Waals surface area contributed by atoms with Gasteiger partial charge in [0.05, 0.1) is 23.8 Å². The van der Waals surface area contributed by atoms with Gasteiger partial charge in [-0.1, -0.05) is 12.1 Å². The summed E-state index contributed by atoms with van der Waals surface area (Å²) in [7, 11) is 0. The molecule has 3 aromatic rings. The van der Waals surface area contributed by atoms with Crippen LogP contribution >= 0.6 is 0 Å². The number of nitrogens with one attached hydrogen (secondary N) is 1. The maximum Gasteiger partial charge on any atom is 0.258 e. The number of hydrogen-bond acceptors (Lipinski definition) is 4. The molecule has 1 N–H and O–H groups in total. The minimum absolute atomic E-state index is 0.0149. The molecular weight excluding hydrogens is 342 g/mol. The Kier molecular flexibility index (Phi) is 4.51. The van der Waals surface area contributed by atoms with Crippen LogP contribution in [0.5, 0.6) is 0 Å². The highest BCUT2D eigenvalue weighted by Gasteiger charge is 2.30. The van der Waals surface area contributed by atoms with Gasteiger partial charge >= 0.3 is 0 Å². The third-order valence-corrected chi connectivity index (χ3v) is 5.21. The van der Waals surface area contributed by atoms with E-state index in [2.05, 4.69) is 19.5 Å². The summed E-state index contributed by atoms with van der Waals surface area (Å²) in [6.45, 7) is 5.09. The molecule has 3 heterocycles. The van der Waals surface area contributed by atoms with Crippen molar-refractivity contribution in [1.29, 1.82) is 0 Å². The predicted octanol–water partition coefficient (Wildman–Crippen LogP) is 2.12.